The van der Waals surface area contributed by atoms with Gasteiger partial charge in [-0.2, -0.15) is 0 Å². The molecule has 0 spiro atoms. The fraction of sp³-hybridized carbons (Fsp3) is 0.160. The number of hydrogen-bond donors (Lipinski definition) is 5. The molecule has 0 radical (unpaired) electrons. The van der Waals surface area contributed by atoms with Crippen LogP contribution in [0, 0.1) is 5.82 Å². The number of carbonyl (C=O) groups is 3. The van der Waals surface area contributed by atoms with Gasteiger partial charge in [-0.05, 0) is 47.9 Å². The third-order valence-corrected chi connectivity index (χ3v) is 5.41. The van der Waals surface area contributed by atoms with E-state index in [2.05, 4.69) is 16.2 Å². The molecule has 2 atom stereocenters. The summed E-state index contributed by atoms with van der Waals surface area (Å²) in [5.74, 6) is -4.02. The zero-order valence-corrected chi connectivity index (χ0v) is 19.1. The van der Waals surface area contributed by atoms with E-state index in [1.165, 1.54) is 24.3 Å². The molecule has 8 nitrogen and oxygen atoms in total. The molecule has 3 aromatic rings. The third-order valence-electron chi connectivity index (χ3n) is 5.10. The highest BCUT2D eigenvalue weighted by Crippen LogP contribution is 2.29. The lowest BCUT2D eigenvalue weighted by Crippen LogP contribution is -2.48. The van der Waals surface area contributed by atoms with Crippen molar-refractivity contribution < 1.29 is 29.0 Å². The van der Waals surface area contributed by atoms with Gasteiger partial charge in [0.2, 0.25) is 0 Å². The van der Waals surface area contributed by atoms with Crippen molar-refractivity contribution in [1.82, 2.24) is 10.7 Å². The standard InChI is InChI=1S/C25H23ClFN3O5/c26-21-13-15(6-11-20(21)16-4-2-1-3-5-16)12-19(14-22(31)25(34)35)28-23(32)24(33)30-29-18-9-7-17(27)8-10-18/h1-11,13,19,22,29,31H,12,14H2,(H,28,32)(H,30,33)(H,34,35)/t19-,22-/m1/s1. The second-order valence-electron chi connectivity index (χ2n) is 7.73. The summed E-state index contributed by atoms with van der Waals surface area (Å²) in [6.45, 7) is 0. The molecule has 10 heteroatoms. The Bertz CT molecular complexity index is 1190. The van der Waals surface area contributed by atoms with E-state index in [0.717, 1.165) is 11.1 Å². The van der Waals surface area contributed by atoms with Gasteiger partial charge >= 0.3 is 17.8 Å². The maximum Gasteiger partial charge on any atom is 0.332 e. The Kier molecular flexibility index (Phi) is 8.77. The summed E-state index contributed by atoms with van der Waals surface area (Å²) in [5, 5.41) is 21.8. The lowest BCUT2D eigenvalue weighted by Gasteiger charge is -2.21. The van der Waals surface area contributed by atoms with Crippen molar-refractivity contribution in [2.45, 2.75) is 25.0 Å². The molecule has 0 aromatic heterocycles. The molecule has 2 amide bonds. The Morgan fingerprint density at radius 3 is 2.26 bits per heavy atom. The minimum Gasteiger partial charge on any atom is -0.479 e. The summed E-state index contributed by atoms with van der Waals surface area (Å²) in [7, 11) is 0. The van der Waals surface area contributed by atoms with E-state index in [4.69, 9.17) is 16.7 Å². The predicted octanol–water partition coefficient (Wildman–Crippen LogP) is 3.15. The van der Waals surface area contributed by atoms with Gasteiger partial charge in [0.05, 0.1) is 5.69 Å². The number of rotatable bonds is 9. The average molecular weight is 500 g/mol. The van der Waals surface area contributed by atoms with E-state index in [0.29, 0.717) is 16.3 Å². The van der Waals surface area contributed by atoms with Gasteiger partial charge in [0.1, 0.15) is 5.82 Å². The fourth-order valence-corrected chi connectivity index (χ4v) is 3.67. The van der Waals surface area contributed by atoms with Crippen molar-refractivity contribution in [3.05, 3.63) is 89.2 Å². The van der Waals surface area contributed by atoms with Crippen molar-refractivity contribution in [3.63, 3.8) is 0 Å². The number of halogens is 2. The molecule has 3 rings (SSSR count). The van der Waals surface area contributed by atoms with Gasteiger partial charge in [0.15, 0.2) is 6.10 Å². The number of amides is 2. The predicted molar refractivity (Wildman–Crippen MR) is 129 cm³/mol. The highest BCUT2D eigenvalue weighted by molar-refractivity contribution is 6.35. The molecule has 0 heterocycles. The number of aliphatic hydroxyl groups excluding tert-OH is 1. The van der Waals surface area contributed by atoms with Gasteiger partial charge in [0.25, 0.3) is 0 Å². The van der Waals surface area contributed by atoms with Gasteiger partial charge in [-0.15, -0.1) is 0 Å². The number of aliphatic carboxylic acids is 1. The summed E-state index contributed by atoms with van der Waals surface area (Å²) >= 11 is 6.44. The highest BCUT2D eigenvalue weighted by Gasteiger charge is 2.25. The zero-order chi connectivity index (χ0) is 25.4. The molecule has 3 aromatic carbocycles. The maximum absolute atomic E-state index is 13.0. The molecule has 5 N–H and O–H groups in total. The molecule has 182 valence electrons. The van der Waals surface area contributed by atoms with Crippen LogP contribution in [0.2, 0.25) is 5.02 Å². The smallest absolute Gasteiger partial charge is 0.332 e. The summed E-state index contributed by atoms with van der Waals surface area (Å²) in [6.07, 6.45) is -1.97. The van der Waals surface area contributed by atoms with E-state index in [1.807, 2.05) is 30.3 Å². The van der Waals surface area contributed by atoms with Crippen LogP contribution in [0.5, 0.6) is 0 Å². The first-order valence-corrected chi connectivity index (χ1v) is 11.0. The van der Waals surface area contributed by atoms with Gasteiger partial charge in [0, 0.05) is 23.0 Å². The van der Waals surface area contributed by atoms with Crippen molar-refractivity contribution >= 4 is 35.1 Å². The Morgan fingerprint density at radius 2 is 1.63 bits per heavy atom. The number of aliphatic hydroxyl groups is 1. The van der Waals surface area contributed by atoms with Crippen LogP contribution in [0.4, 0.5) is 10.1 Å². The molecule has 0 aliphatic heterocycles. The van der Waals surface area contributed by atoms with E-state index in [1.54, 1.807) is 18.2 Å². The average Bonchev–Trinajstić information content (AvgIpc) is 2.84. The molecule has 0 fully saturated rings. The molecule has 0 aliphatic carbocycles. The molecule has 0 bridgehead atoms. The Morgan fingerprint density at radius 1 is 0.943 bits per heavy atom. The number of benzene rings is 3. The quantitative estimate of drug-likeness (QED) is 0.227. The van der Waals surface area contributed by atoms with Crippen LogP contribution in [0.15, 0.2) is 72.8 Å². The van der Waals surface area contributed by atoms with E-state index in [9.17, 15) is 23.9 Å². The van der Waals surface area contributed by atoms with Gasteiger partial charge < -0.3 is 15.5 Å². The van der Waals surface area contributed by atoms with Crippen LogP contribution >= 0.6 is 11.6 Å². The summed E-state index contributed by atoms with van der Waals surface area (Å²) < 4.78 is 13.0. The van der Waals surface area contributed by atoms with E-state index in [-0.39, 0.29) is 12.8 Å². The first kappa shape index (κ1) is 25.7. The number of carboxylic acid groups (broad SMARTS) is 1. The van der Waals surface area contributed by atoms with Crippen molar-refractivity contribution in [2.75, 3.05) is 5.43 Å². The molecule has 0 aliphatic rings. The van der Waals surface area contributed by atoms with Crippen molar-refractivity contribution in [1.29, 1.82) is 0 Å². The minimum atomic E-state index is -1.75. The largest absolute Gasteiger partial charge is 0.479 e. The number of hydrazine groups is 1. The van der Waals surface area contributed by atoms with Crippen LogP contribution in [0.1, 0.15) is 12.0 Å². The minimum absolute atomic E-state index is 0.115. The Hall–Kier alpha value is -3.95. The molecule has 0 saturated heterocycles. The highest BCUT2D eigenvalue weighted by atomic mass is 35.5. The van der Waals surface area contributed by atoms with Crippen LogP contribution < -0.4 is 16.2 Å². The lowest BCUT2D eigenvalue weighted by molar-refractivity contribution is -0.147. The zero-order valence-electron chi connectivity index (χ0n) is 18.4. The van der Waals surface area contributed by atoms with Gasteiger partial charge in [-0.1, -0.05) is 54.1 Å². The molecule has 0 saturated carbocycles. The van der Waals surface area contributed by atoms with Crippen LogP contribution in [0.25, 0.3) is 11.1 Å². The first-order chi connectivity index (χ1) is 16.7. The number of nitrogens with one attached hydrogen (secondary N) is 3. The molecule has 35 heavy (non-hydrogen) atoms. The fourth-order valence-electron chi connectivity index (χ4n) is 3.36. The van der Waals surface area contributed by atoms with Crippen LogP contribution in [-0.2, 0) is 20.8 Å². The van der Waals surface area contributed by atoms with Gasteiger partial charge in [-0.25, -0.2) is 9.18 Å². The topological polar surface area (TPSA) is 128 Å². The number of anilines is 1. The van der Waals surface area contributed by atoms with Crippen LogP contribution in [-0.4, -0.2) is 40.1 Å². The maximum atomic E-state index is 13.0. The second-order valence-corrected chi connectivity index (χ2v) is 8.14. The summed E-state index contributed by atoms with van der Waals surface area (Å²) in [5.41, 5.74) is 7.38. The lowest BCUT2D eigenvalue weighted by atomic mass is 9.97. The van der Waals surface area contributed by atoms with E-state index < -0.39 is 35.7 Å². The SMILES string of the molecule is O=C(NNc1ccc(F)cc1)C(=O)N[C@H](Cc1ccc(-c2ccccc2)c(Cl)c1)C[C@@H](O)C(=O)O. The normalized spacial score (nSPS) is 12.3. The number of carbonyl (C=O) groups excluding carboxylic acids is 2. The molecule has 0 unspecified atom stereocenters. The Labute approximate surface area is 205 Å². The van der Waals surface area contributed by atoms with Gasteiger partial charge in [-0.3, -0.25) is 20.4 Å². The van der Waals surface area contributed by atoms with Crippen molar-refractivity contribution in [3.8, 4) is 11.1 Å². The molecular weight excluding hydrogens is 477 g/mol. The number of carboxylic acids is 1. The Balaban J connectivity index is 1.68. The summed E-state index contributed by atoms with van der Waals surface area (Å²) in [6, 6.07) is 18.9. The van der Waals surface area contributed by atoms with Crippen LogP contribution in [0.3, 0.4) is 0 Å². The second kappa shape index (κ2) is 12.0. The summed E-state index contributed by atoms with van der Waals surface area (Å²) in [4.78, 5) is 35.7. The molecular formula is C25H23ClFN3O5. The van der Waals surface area contributed by atoms with Crippen molar-refractivity contribution in [2.24, 2.45) is 0 Å². The first-order valence-electron chi connectivity index (χ1n) is 10.6. The number of hydrogen-bond acceptors (Lipinski definition) is 5. The van der Waals surface area contributed by atoms with E-state index >= 15 is 0 Å². The monoisotopic (exact) mass is 499 g/mol. The third kappa shape index (κ3) is 7.53.